The Kier molecular flexibility index (Phi) is 4.26. The van der Waals surface area contributed by atoms with Crippen molar-refractivity contribution in [2.24, 2.45) is 0 Å². The lowest BCUT2D eigenvalue weighted by Gasteiger charge is -2.13. The number of carbonyl (C=O) groups is 1. The monoisotopic (exact) mass is 266 g/mol. The van der Waals surface area contributed by atoms with Crippen molar-refractivity contribution in [1.29, 1.82) is 0 Å². The molecule has 15 heavy (non-hydrogen) atoms. The van der Waals surface area contributed by atoms with Crippen molar-refractivity contribution in [1.82, 2.24) is 0 Å². The highest BCUT2D eigenvalue weighted by molar-refractivity contribution is 6.64. The number of carbonyl (C=O) groups excluding carboxylic acids is 1. The van der Waals surface area contributed by atoms with Crippen LogP contribution in [-0.4, -0.2) is 11.3 Å². The van der Waals surface area contributed by atoms with Crippen molar-refractivity contribution in [2.45, 2.75) is 20.0 Å². The molecule has 0 saturated carbocycles. The van der Waals surface area contributed by atoms with Gasteiger partial charge in [0.2, 0.25) is 0 Å². The molecule has 5 heteroatoms. The Hall–Kier alpha value is -0.440. The molecule has 0 bridgehead atoms. The largest absolute Gasteiger partial charge is 0.480 e. The number of ether oxygens (including phenoxy) is 1. The van der Waals surface area contributed by atoms with Crippen LogP contribution in [0.1, 0.15) is 12.5 Å². The minimum Gasteiger partial charge on any atom is -0.480 e. The van der Waals surface area contributed by atoms with Crippen LogP contribution >= 0.6 is 34.8 Å². The topological polar surface area (TPSA) is 26.3 Å². The first kappa shape index (κ1) is 12.6. The SMILES string of the molecule is Cc1c(Cl)ccc(OC(C)C(=O)Cl)c1Cl. The average molecular weight is 268 g/mol. The van der Waals surface area contributed by atoms with Crippen molar-refractivity contribution in [2.75, 3.05) is 0 Å². The molecule has 0 aliphatic rings. The van der Waals surface area contributed by atoms with E-state index in [2.05, 4.69) is 0 Å². The molecule has 0 aromatic heterocycles. The Morgan fingerprint density at radius 1 is 1.40 bits per heavy atom. The van der Waals surface area contributed by atoms with E-state index in [4.69, 9.17) is 39.5 Å². The molecule has 0 amide bonds. The molecule has 82 valence electrons. The van der Waals surface area contributed by atoms with Crippen LogP contribution < -0.4 is 4.74 Å². The first-order valence-electron chi connectivity index (χ1n) is 4.24. The Morgan fingerprint density at radius 3 is 2.53 bits per heavy atom. The summed E-state index contributed by atoms with van der Waals surface area (Å²) in [6.07, 6.45) is -0.732. The molecule has 0 N–H and O–H groups in total. The van der Waals surface area contributed by atoms with E-state index in [0.29, 0.717) is 21.4 Å². The van der Waals surface area contributed by atoms with Gasteiger partial charge in [0, 0.05) is 5.02 Å². The minimum atomic E-state index is -0.732. The molecule has 0 fully saturated rings. The third kappa shape index (κ3) is 3.00. The third-order valence-electron chi connectivity index (χ3n) is 1.91. The van der Waals surface area contributed by atoms with Gasteiger partial charge in [-0.3, -0.25) is 4.79 Å². The summed E-state index contributed by atoms with van der Waals surface area (Å²) < 4.78 is 5.27. The van der Waals surface area contributed by atoms with Crippen molar-refractivity contribution >= 4 is 40.0 Å². The highest BCUT2D eigenvalue weighted by atomic mass is 35.5. The quantitative estimate of drug-likeness (QED) is 0.778. The Labute approximate surface area is 103 Å². The zero-order chi connectivity index (χ0) is 11.6. The van der Waals surface area contributed by atoms with Gasteiger partial charge in [-0.1, -0.05) is 23.2 Å². The van der Waals surface area contributed by atoms with Gasteiger partial charge in [-0.15, -0.1) is 0 Å². The van der Waals surface area contributed by atoms with E-state index >= 15 is 0 Å². The Morgan fingerprint density at radius 2 is 2.00 bits per heavy atom. The van der Waals surface area contributed by atoms with E-state index in [-0.39, 0.29) is 0 Å². The van der Waals surface area contributed by atoms with E-state index in [1.54, 1.807) is 26.0 Å². The number of hydrogen-bond acceptors (Lipinski definition) is 2. The molecule has 0 radical (unpaired) electrons. The van der Waals surface area contributed by atoms with Gasteiger partial charge in [0.1, 0.15) is 5.75 Å². The maximum Gasteiger partial charge on any atom is 0.262 e. The van der Waals surface area contributed by atoms with E-state index in [9.17, 15) is 4.79 Å². The molecule has 1 atom stereocenters. The van der Waals surface area contributed by atoms with Crippen molar-refractivity contribution in [3.63, 3.8) is 0 Å². The number of hydrogen-bond donors (Lipinski definition) is 0. The first-order valence-corrected chi connectivity index (χ1v) is 5.37. The molecule has 0 aliphatic heterocycles. The van der Waals surface area contributed by atoms with Crippen LogP contribution in [0.25, 0.3) is 0 Å². The lowest BCUT2D eigenvalue weighted by molar-refractivity contribution is -0.117. The summed E-state index contributed by atoms with van der Waals surface area (Å²) >= 11 is 17.1. The predicted octanol–water partition coefficient (Wildman–Crippen LogP) is 3.83. The van der Waals surface area contributed by atoms with E-state index < -0.39 is 11.3 Å². The Bertz CT molecular complexity index is 390. The number of benzene rings is 1. The van der Waals surface area contributed by atoms with Crippen molar-refractivity contribution in [3.8, 4) is 5.75 Å². The summed E-state index contributed by atoms with van der Waals surface area (Å²) in [6.45, 7) is 3.32. The van der Waals surface area contributed by atoms with Crippen LogP contribution in [0.2, 0.25) is 10.0 Å². The van der Waals surface area contributed by atoms with Gasteiger partial charge in [0.15, 0.2) is 6.10 Å². The van der Waals surface area contributed by atoms with Crippen LogP contribution in [0.3, 0.4) is 0 Å². The number of halogens is 3. The maximum atomic E-state index is 10.8. The van der Waals surface area contributed by atoms with Gasteiger partial charge >= 0.3 is 0 Å². The summed E-state index contributed by atoms with van der Waals surface area (Å²) in [6, 6.07) is 3.26. The zero-order valence-electron chi connectivity index (χ0n) is 8.18. The molecule has 1 rings (SSSR count). The molecule has 0 heterocycles. The fraction of sp³-hybridized carbons (Fsp3) is 0.300. The fourth-order valence-corrected chi connectivity index (χ4v) is 1.42. The minimum absolute atomic E-state index is 0.396. The molecule has 0 aliphatic carbocycles. The summed E-state index contributed by atoms with van der Waals surface area (Å²) in [7, 11) is 0. The van der Waals surface area contributed by atoms with E-state index in [1.165, 1.54) is 0 Å². The molecule has 1 unspecified atom stereocenters. The maximum absolute atomic E-state index is 10.8. The smallest absolute Gasteiger partial charge is 0.262 e. The lowest BCUT2D eigenvalue weighted by atomic mass is 10.2. The Balaban J connectivity index is 2.97. The van der Waals surface area contributed by atoms with Crippen molar-refractivity contribution < 1.29 is 9.53 Å². The second kappa shape index (κ2) is 5.06. The standard InChI is InChI=1S/C10H9Cl3O2/c1-5-7(11)3-4-8(9(5)12)15-6(2)10(13)14/h3-4,6H,1-2H3. The summed E-state index contributed by atoms with van der Waals surface area (Å²) in [5.74, 6) is 0.403. The summed E-state index contributed by atoms with van der Waals surface area (Å²) in [5, 5.41) is 0.378. The van der Waals surface area contributed by atoms with Gasteiger partial charge in [-0.05, 0) is 43.1 Å². The van der Waals surface area contributed by atoms with Gasteiger partial charge in [-0.2, -0.15) is 0 Å². The van der Waals surface area contributed by atoms with Gasteiger partial charge < -0.3 is 4.74 Å². The highest BCUT2D eigenvalue weighted by Crippen LogP contribution is 2.33. The average Bonchev–Trinajstić information content (AvgIpc) is 2.18. The van der Waals surface area contributed by atoms with Gasteiger partial charge in [0.05, 0.1) is 5.02 Å². The molecule has 1 aromatic carbocycles. The second-order valence-electron chi connectivity index (χ2n) is 3.05. The van der Waals surface area contributed by atoms with Gasteiger partial charge in [0.25, 0.3) is 5.24 Å². The normalized spacial score (nSPS) is 12.3. The zero-order valence-corrected chi connectivity index (χ0v) is 10.5. The molecule has 1 aromatic rings. The molecular weight excluding hydrogens is 258 g/mol. The van der Waals surface area contributed by atoms with E-state index in [0.717, 1.165) is 0 Å². The van der Waals surface area contributed by atoms with E-state index in [1.807, 2.05) is 0 Å². The van der Waals surface area contributed by atoms with Crippen LogP contribution in [0.15, 0.2) is 12.1 Å². The summed E-state index contributed by atoms with van der Waals surface area (Å²) in [4.78, 5) is 10.8. The van der Waals surface area contributed by atoms with Crippen molar-refractivity contribution in [3.05, 3.63) is 27.7 Å². The lowest BCUT2D eigenvalue weighted by Crippen LogP contribution is -2.19. The van der Waals surface area contributed by atoms with Crippen LogP contribution in [0.5, 0.6) is 5.75 Å². The molecule has 0 saturated heterocycles. The van der Waals surface area contributed by atoms with Crippen LogP contribution in [-0.2, 0) is 4.79 Å². The molecular formula is C10H9Cl3O2. The highest BCUT2D eigenvalue weighted by Gasteiger charge is 2.15. The van der Waals surface area contributed by atoms with Crippen LogP contribution in [0, 0.1) is 6.92 Å². The predicted molar refractivity (Wildman–Crippen MR) is 62.1 cm³/mol. The summed E-state index contributed by atoms with van der Waals surface area (Å²) in [5.41, 5.74) is 0.713. The third-order valence-corrected chi connectivity index (χ3v) is 3.09. The van der Waals surface area contributed by atoms with Crippen LogP contribution in [0.4, 0.5) is 0 Å². The molecule has 2 nitrogen and oxygen atoms in total. The van der Waals surface area contributed by atoms with Gasteiger partial charge in [-0.25, -0.2) is 0 Å². The molecule has 0 spiro atoms. The fourth-order valence-electron chi connectivity index (χ4n) is 0.964. The first-order chi connectivity index (χ1) is 6.93. The second-order valence-corrected chi connectivity index (χ2v) is 4.21. The number of rotatable bonds is 3.